The van der Waals surface area contributed by atoms with Gasteiger partial charge in [0, 0.05) is 18.3 Å². The van der Waals surface area contributed by atoms with Crippen LogP contribution in [0.1, 0.15) is 25.8 Å². The second-order valence-corrected chi connectivity index (χ2v) is 9.33. The Kier molecular flexibility index (Phi) is 13.4. The quantitative estimate of drug-likeness (QED) is 0.204. The summed E-state index contributed by atoms with van der Waals surface area (Å²) in [7, 11) is 0. The van der Waals surface area contributed by atoms with Crippen LogP contribution in [0.4, 0.5) is 0 Å². The molecule has 6 N–H and O–H groups in total. The van der Waals surface area contributed by atoms with Crippen LogP contribution in [0.25, 0.3) is 0 Å². The fourth-order valence-corrected chi connectivity index (χ4v) is 3.61. The van der Waals surface area contributed by atoms with Crippen molar-refractivity contribution in [1.82, 2.24) is 16.0 Å². The van der Waals surface area contributed by atoms with Crippen LogP contribution >= 0.6 is 24.4 Å². The van der Waals surface area contributed by atoms with Crippen LogP contribution in [0.3, 0.4) is 0 Å². The van der Waals surface area contributed by atoms with Gasteiger partial charge in [-0.05, 0) is 36.3 Å². The first-order chi connectivity index (χ1) is 15.2. The molecule has 10 heteroatoms. The fraction of sp³-hybridized carbons (Fsp3) is 0.591. The molecule has 0 fully saturated rings. The Hall–Kier alpha value is -1.75. The highest BCUT2D eigenvalue weighted by Gasteiger charge is 2.27. The number of aliphatic carboxylic acids is 1. The Labute approximate surface area is 200 Å². The third kappa shape index (κ3) is 10.2. The van der Waals surface area contributed by atoms with Gasteiger partial charge < -0.3 is 26.8 Å². The number of hydrogen-bond acceptors (Lipinski definition) is 7. The lowest BCUT2D eigenvalue weighted by Crippen LogP contribution is -2.56. The summed E-state index contributed by atoms with van der Waals surface area (Å²) < 4.78 is 0. The van der Waals surface area contributed by atoms with E-state index in [0.717, 1.165) is 5.56 Å². The standard InChI is InChI=1S/C22H36N4O4S2/c1-14(2)19(26-20(27)16(23)13-31)12-24-18(11-15-7-5-4-6-8-15)21(28)25-17(22(29)30)9-10-32-3/h4-8,14,16-19,24,31H,9-13,23H2,1-3H3,(H,25,28)(H,26,27)(H,29,30)/t16-,17-,18-,19+/m0/s1. The number of amides is 2. The molecule has 32 heavy (non-hydrogen) atoms. The van der Waals surface area contributed by atoms with Crippen molar-refractivity contribution in [2.24, 2.45) is 11.7 Å². The maximum atomic E-state index is 13.0. The summed E-state index contributed by atoms with van der Waals surface area (Å²) in [5.74, 6) is -0.793. The van der Waals surface area contributed by atoms with E-state index in [9.17, 15) is 19.5 Å². The number of thioether (sulfide) groups is 1. The summed E-state index contributed by atoms with van der Waals surface area (Å²) in [5, 5.41) is 18.3. The second kappa shape index (κ2) is 15.2. The molecule has 0 radical (unpaired) electrons. The SMILES string of the molecule is CSCC[C@H](NC(=O)[C@H](Cc1ccccc1)NC[C@@H](NC(=O)[C@@H](N)CS)C(C)C)C(=O)O. The van der Waals surface area contributed by atoms with Gasteiger partial charge in [-0.25, -0.2) is 4.79 Å². The lowest BCUT2D eigenvalue weighted by Gasteiger charge is -2.27. The molecule has 0 aliphatic carbocycles. The fourth-order valence-electron chi connectivity index (χ4n) is 2.97. The van der Waals surface area contributed by atoms with Gasteiger partial charge in [0.25, 0.3) is 0 Å². The Bertz CT molecular complexity index is 721. The van der Waals surface area contributed by atoms with Crippen molar-refractivity contribution in [2.45, 2.75) is 50.9 Å². The second-order valence-electron chi connectivity index (χ2n) is 7.98. The van der Waals surface area contributed by atoms with Crippen molar-refractivity contribution in [3.8, 4) is 0 Å². The first-order valence-electron chi connectivity index (χ1n) is 10.7. The lowest BCUT2D eigenvalue weighted by molar-refractivity contribution is -0.142. The van der Waals surface area contributed by atoms with E-state index in [0.29, 0.717) is 25.1 Å². The highest BCUT2D eigenvalue weighted by Crippen LogP contribution is 2.08. The Balaban J connectivity index is 2.93. The van der Waals surface area contributed by atoms with E-state index in [2.05, 4.69) is 28.6 Å². The van der Waals surface area contributed by atoms with Crippen LogP contribution in [0, 0.1) is 5.92 Å². The van der Waals surface area contributed by atoms with Gasteiger partial charge in [-0.15, -0.1) is 0 Å². The molecular weight excluding hydrogens is 448 g/mol. The number of carbonyl (C=O) groups is 3. The van der Waals surface area contributed by atoms with Gasteiger partial charge in [-0.3, -0.25) is 9.59 Å². The van der Waals surface area contributed by atoms with Gasteiger partial charge in [0.15, 0.2) is 0 Å². The zero-order chi connectivity index (χ0) is 24.1. The number of nitrogens with two attached hydrogens (primary N) is 1. The molecule has 1 aromatic carbocycles. The molecular formula is C22H36N4O4S2. The highest BCUT2D eigenvalue weighted by atomic mass is 32.2. The Morgan fingerprint density at radius 2 is 1.75 bits per heavy atom. The van der Waals surface area contributed by atoms with E-state index >= 15 is 0 Å². The van der Waals surface area contributed by atoms with Crippen LogP contribution in [-0.4, -0.2) is 71.4 Å². The van der Waals surface area contributed by atoms with Crippen LogP contribution in [0.15, 0.2) is 30.3 Å². The van der Waals surface area contributed by atoms with Crippen LogP contribution in [0.5, 0.6) is 0 Å². The number of carboxylic acid groups (broad SMARTS) is 1. The summed E-state index contributed by atoms with van der Waals surface area (Å²) >= 11 is 5.59. The molecule has 0 saturated carbocycles. The lowest BCUT2D eigenvalue weighted by atomic mass is 10.0. The van der Waals surface area contributed by atoms with Gasteiger partial charge in [-0.2, -0.15) is 24.4 Å². The minimum Gasteiger partial charge on any atom is -0.480 e. The van der Waals surface area contributed by atoms with Crippen molar-refractivity contribution in [3.05, 3.63) is 35.9 Å². The average molecular weight is 485 g/mol. The molecule has 0 aliphatic rings. The number of nitrogens with one attached hydrogen (secondary N) is 3. The smallest absolute Gasteiger partial charge is 0.326 e. The molecule has 0 spiro atoms. The molecule has 1 rings (SSSR count). The zero-order valence-corrected chi connectivity index (χ0v) is 20.6. The average Bonchev–Trinajstić information content (AvgIpc) is 2.77. The van der Waals surface area contributed by atoms with Gasteiger partial charge >= 0.3 is 5.97 Å². The predicted molar refractivity (Wildman–Crippen MR) is 133 cm³/mol. The molecule has 0 bridgehead atoms. The summed E-state index contributed by atoms with van der Waals surface area (Å²) in [6.07, 6.45) is 2.61. The van der Waals surface area contributed by atoms with Gasteiger partial charge in [-0.1, -0.05) is 44.2 Å². The molecule has 1 aromatic rings. The zero-order valence-electron chi connectivity index (χ0n) is 18.9. The van der Waals surface area contributed by atoms with Crippen molar-refractivity contribution >= 4 is 42.2 Å². The van der Waals surface area contributed by atoms with E-state index in [1.165, 1.54) is 11.8 Å². The van der Waals surface area contributed by atoms with Crippen LogP contribution in [0.2, 0.25) is 0 Å². The third-order valence-corrected chi connectivity index (χ3v) is 6.11. The first kappa shape index (κ1) is 28.3. The molecule has 2 amide bonds. The largest absolute Gasteiger partial charge is 0.480 e. The van der Waals surface area contributed by atoms with E-state index in [-0.39, 0.29) is 29.5 Å². The number of thiol groups is 1. The topological polar surface area (TPSA) is 134 Å². The molecule has 4 atom stereocenters. The number of hydrogen-bond donors (Lipinski definition) is 6. The number of carbonyl (C=O) groups excluding carboxylic acids is 2. The van der Waals surface area contributed by atoms with Crippen molar-refractivity contribution in [2.75, 3.05) is 24.3 Å². The highest BCUT2D eigenvalue weighted by molar-refractivity contribution is 7.98. The molecule has 0 unspecified atom stereocenters. The monoisotopic (exact) mass is 484 g/mol. The maximum Gasteiger partial charge on any atom is 0.326 e. The van der Waals surface area contributed by atoms with Crippen molar-refractivity contribution in [1.29, 1.82) is 0 Å². The van der Waals surface area contributed by atoms with Crippen molar-refractivity contribution in [3.63, 3.8) is 0 Å². The Morgan fingerprint density at radius 3 is 2.28 bits per heavy atom. The van der Waals surface area contributed by atoms with E-state index in [1.54, 1.807) is 0 Å². The summed E-state index contributed by atoms with van der Waals surface area (Å²) in [5.41, 5.74) is 6.71. The van der Waals surface area contributed by atoms with Gasteiger partial charge in [0.1, 0.15) is 6.04 Å². The van der Waals surface area contributed by atoms with E-state index < -0.39 is 24.1 Å². The molecule has 8 nitrogen and oxygen atoms in total. The third-order valence-electron chi connectivity index (χ3n) is 5.07. The summed E-state index contributed by atoms with van der Waals surface area (Å²) in [6, 6.07) is 6.91. The molecule has 0 heterocycles. The van der Waals surface area contributed by atoms with Crippen LogP contribution in [-0.2, 0) is 20.8 Å². The number of carboxylic acids is 1. The van der Waals surface area contributed by atoms with Crippen LogP contribution < -0.4 is 21.7 Å². The van der Waals surface area contributed by atoms with E-state index in [4.69, 9.17) is 5.73 Å². The minimum atomic E-state index is -1.06. The summed E-state index contributed by atoms with van der Waals surface area (Å²) in [4.78, 5) is 36.8. The van der Waals surface area contributed by atoms with E-state index in [1.807, 2.05) is 50.4 Å². The predicted octanol–water partition coefficient (Wildman–Crippen LogP) is 0.908. The first-order valence-corrected chi connectivity index (χ1v) is 12.7. The maximum absolute atomic E-state index is 13.0. The molecule has 0 saturated heterocycles. The van der Waals surface area contributed by atoms with Gasteiger partial charge in [0.2, 0.25) is 11.8 Å². The number of benzene rings is 1. The minimum absolute atomic E-state index is 0.0901. The molecule has 0 aliphatic heterocycles. The Morgan fingerprint density at radius 1 is 1.09 bits per heavy atom. The van der Waals surface area contributed by atoms with Gasteiger partial charge in [0.05, 0.1) is 12.1 Å². The normalized spacial score (nSPS) is 14.9. The number of rotatable bonds is 15. The summed E-state index contributed by atoms with van der Waals surface area (Å²) in [6.45, 7) is 4.26. The molecule has 180 valence electrons. The molecule has 0 aromatic heterocycles. The van der Waals surface area contributed by atoms with Crippen molar-refractivity contribution < 1.29 is 19.5 Å².